The zero-order chi connectivity index (χ0) is 17.4. The Morgan fingerprint density at radius 1 is 1.25 bits per heavy atom. The molecule has 24 heavy (non-hydrogen) atoms. The van der Waals surface area contributed by atoms with Crippen molar-refractivity contribution in [2.24, 2.45) is 5.92 Å². The fourth-order valence-electron chi connectivity index (χ4n) is 3.51. The molecule has 0 heterocycles. The molecule has 0 spiro atoms. The number of likely N-dealkylation sites (N-methyl/N-ethyl adjacent to an activating group) is 1. The maximum absolute atomic E-state index is 12.4. The molecule has 1 fully saturated rings. The van der Waals surface area contributed by atoms with Gasteiger partial charge in [-0.2, -0.15) is 0 Å². The first kappa shape index (κ1) is 18.7. The van der Waals surface area contributed by atoms with Crippen LogP contribution in [0.1, 0.15) is 31.2 Å². The molecule has 134 valence electrons. The van der Waals surface area contributed by atoms with Gasteiger partial charge in [0, 0.05) is 31.2 Å². The summed E-state index contributed by atoms with van der Waals surface area (Å²) in [4.78, 5) is 14.5. The molecule has 2 amide bonds. The molecule has 1 saturated carbocycles. The van der Waals surface area contributed by atoms with E-state index in [0.717, 1.165) is 38.6 Å². The number of urea groups is 1. The van der Waals surface area contributed by atoms with Crippen LogP contribution in [0.15, 0.2) is 30.3 Å². The van der Waals surface area contributed by atoms with Crippen LogP contribution in [-0.4, -0.2) is 55.4 Å². The highest BCUT2D eigenvalue weighted by Crippen LogP contribution is 2.23. The van der Waals surface area contributed by atoms with Crippen molar-refractivity contribution >= 4 is 6.03 Å². The number of amides is 2. The summed E-state index contributed by atoms with van der Waals surface area (Å²) in [5, 5.41) is 15.7. The Morgan fingerprint density at radius 2 is 1.96 bits per heavy atom. The Labute approximate surface area is 145 Å². The fourth-order valence-corrected chi connectivity index (χ4v) is 3.51. The van der Waals surface area contributed by atoms with Crippen molar-refractivity contribution in [2.75, 3.05) is 27.2 Å². The molecule has 2 rings (SSSR count). The monoisotopic (exact) mass is 333 g/mol. The lowest BCUT2D eigenvalue weighted by atomic mass is 9.85. The van der Waals surface area contributed by atoms with Gasteiger partial charge < -0.3 is 20.6 Å². The smallest absolute Gasteiger partial charge is 0.315 e. The maximum Gasteiger partial charge on any atom is 0.315 e. The van der Waals surface area contributed by atoms with Crippen molar-refractivity contribution in [3.05, 3.63) is 35.9 Å². The lowest BCUT2D eigenvalue weighted by Crippen LogP contribution is -2.52. The zero-order valence-corrected chi connectivity index (χ0v) is 14.9. The van der Waals surface area contributed by atoms with E-state index in [2.05, 4.69) is 27.7 Å². The largest absolute Gasteiger partial charge is 0.396 e. The van der Waals surface area contributed by atoms with E-state index in [1.165, 1.54) is 5.56 Å². The number of nitrogens with zero attached hydrogens (tertiary/aromatic N) is 1. The third-order valence-corrected chi connectivity index (χ3v) is 4.71. The van der Waals surface area contributed by atoms with Crippen molar-refractivity contribution in [3.8, 4) is 0 Å². The summed E-state index contributed by atoms with van der Waals surface area (Å²) in [6.07, 6.45) is 5.01. The summed E-state index contributed by atoms with van der Waals surface area (Å²) in [6.45, 7) is 0.937. The van der Waals surface area contributed by atoms with E-state index in [-0.39, 0.29) is 30.6 Å². The van der Waals surface area contributed by atoms with Gasteiger partial charge in [0.2, 0.25) is 0 Å². The molecular weight excluding hydrogens is 302 g/mol. The minimum Gasteiger partial charge on any atom is -0.396 e. The standard InChI is InChI=1S/C19H31N3O2/c1-22(2)13-17(12-15-8-4-3-5-9-15)20-19(24)21-18-11-7-6-10-16(18)14-23/h3-5,8-9,16-18,23H,6-7,10-14H2,1-2H3,(H2,20,21,24). The molecule has 3 atom stereocenters. The van der Waals surface area contributed by atoms with Gasteiger partial charge in [-0.3, -0.25) is 0 Å². The minimum absolute atomic E-state index is 0.0542. The van der Waals surface area contributed by atoms with Gasteiger partial charge >= 0.3 is 6.03 Å². The maximum atomic E-state index is 12.4. The summed E-state index contributed by atoms with van der Waals surface area (Å²) in [5.74, 6) is 0.186. The predicted molar refractivity (Wildman–Crippen MR) is 97.0 cm³/mol. The first-order valence-corrected chi connectivity index (χ1v) is 8.95. The Bertz CT molecular complexity index is 493. The molecule has 0 radical (unpaired) electrons. The Balaban J connectivity index is 1.91. The summed E-state index contributed by atoms with van der Waals surface area (Å²) < 4.78 is 0. The van der Waals surface area contributed by atoms with Crippen LogP contribution in [0.3, 0.4) is 0 Å². The van der Waals surface area contributed by atoms with E-state index >= 15 is 0 Å². The number of hydrogen-bond donors (Lipinski definition) is 3. The van der Waals surface area contributed by atoms with Gasteiger partial charge in [-0.25, -0.2) is 4.79 Å². The summed E-state index contributed by atoms with van der Waals surface area (Å²) >= 11 is 0. The fraction of sp³-hybridized carbons (Fsp3) is 0.632. The van der Waals surface area contributed by atoms with Crippen LogP contribution in [0.2, 0.25) is 0 Å². The van der Waals surface area contributed by atoms with E-state index in [9.17, 15) is 9.90 Å². The van der Waals surface area contributed by atoms with Crippen LogP contribution in [0, 0.1) is 5.92 Å². The highest BCUT2D eigenvalue weighted by atomic mass is 16.3. The second-order valence-electron chi connectivity index (χ2n) is 7.10. The molecule has 5 nitrogen and oxygen atoms in total. The average molecular weight is 333 g/mol. The van der Waals surface area contributed by atoms with Crippen molar-refractivity contribution in [2.45, 2.75) is 44.2 Å². The van der Waals surface area contributed by atoms with Crippen molar-refractivity contribution in [3.63, 3.8) is 0 Å². The molecule has 0 saturated heterocycles. The second kappa shape index (κ2) is 9.64. The zero-order valence-electron chi connectivity index (χ0n) is 14.9. The number of aliphatic hydroxyl groups excluding tert-OH is 1. The van der Waals surface area contributed by atoms with E-state index in [4.69, 9.17) is 0 Å². The minimum atomic E-state index is -0.122. The van der Waals surface area contributed by atoms with Crippen LogP contribution in [0.4, 0.5) is 4.79 Å². The summed E-state index contributed by atoms with van der Waals surface area (Å²) in [6, 6.07) is 10.2. The molecular formula is C19H31N3O2. The lowest BCUT2D eigenvalue weighted by Gasteiger charge is -2.32. The van der Waals surface area contributed by atoms with Crippen LogP contribution < -0.4 is 10.6 Å². The molecule has 3 N–H and O–H groups in total. The number of benzene rings is 1. The molecule has 1 aliphatic carbocycles. The van der Waals surface area contributed by atoms with Gasteiger partial charge in [0.1, 0.15) is 0 Å². The normalized spacial score (nSPS) is 22.2. The van der Waals surface area contributed by atoms with E-state index in [0.29, 0.717) is 0 Å². The van der Waals surface area contributed by atoms with Crippen LogP contribution in [0.25, 0.3) is 0 Å². The summed E-state index contributed by atoms with van der Waals surface area (Å²) in [5.41, 5.74) is 1.22. The predicted octanol–water partition coefficient (Wildman–Crippen LogP) is 2.01. The van der Waals surface area contributed by atoms with E-state index in [1.807, 2.05) is 32.3 Å². The number of rotatable bonds is 7. The van der Waals surface area contributed by atoms with E-state index in [1.54, 1.807) is 0 Å². The Hall–Kier alpha value is -1.59. The van der Waals surface area contributed by atoms with Crippen molar-refractivity contribution in [1.82, 2.24) is 15.5 Å². The number of carbonyl (C=O) groups is 1. The second-order valence-corrected chi connectivity index (χ2v) is 7.10. The highest BCUT2D eigenvalue weighted by molar-refractivity contribution is 5.74. The van der Waals surface area contributed by atoms with Gasteiger partial charge in [0.25, 0.3) is 0 Å². The number of aliphatic hydroxyl groups is 1. The van der Waals surface area contributed by atoms with E-state index < -0.39 is 0 Å². The first-order valence-electron chi connectivity index (χ1n) is 8.95. The van der Waals surface area contributed by atoms with Gasteiger partial charge in [-0.05, 0) is 38.9 Å². The number of nitrogens with one attached hydrogen (secondary N) is 2. The van der Waals surface area contributed by atoms with Crippen molar-refractivity contribution < 1.29 is 9.90 Å². The average Bonchev–Trinajstić information content (AvgIpc) is 2.55. The third kappa shape index (κ3) is 6.13. The van der Waals surface area contributed by atoms with Gasteiger partial charge in [-0.1, -0.05) is 43.2 Å². The van der Waals surface area contributed by atoms with Gasteiger partial charge in [0.05, 0.1) is 0 Å². The van der Waals surface area contributed by atoms with Gasteiger partial charge in [0.15, 0.2) is 0 Å². The number of hydrogen-bond acceptors (Lipinski definition) is 3. The molecule has 1 aliphatic rings. The molecule has 0 aliphatic heterocycles. The van der Waals surface area contributed by atoms with Crippen LogP contribution in [-0.2, 0) is 6.42 Å². The molecule has 1 aromatic rings. The first-order chi connectivity index (χ1) is 11.6. The summed E-state index contributed by atoms with van der Waals surface area (Å²) in [7, 11) is 4.03. The van der Waals surface area contributed by atoms with Crippen LogP contribution in [0.5, 0.6) is 0 Å². The molecule has 0 bridgehead atoms. The molecule has 0 aromatic heterocycles. The number of carbonyl (C=O) groups excluding carboxylic acids is 1. The Kier molecular flexibility index (Phi) is 7.53. The Morgan fingerprint density at radius 3 is 2.62 bits per heavy atom. The third-order valence-electron chi connectivity index (χ3n) is 4.71. The topological polar surface area (TPSA) is 64.6 Å². The van der Waals surface area contributed by atoms with Gasteiger partial charge in [-0.15, -0.1) is 0 Å². The molecule has 1 aromatic carbocycles. The molecule has 3 unspecified atom stereocenters. The van der Waals surface area contributed by atoms with Crippen molar-refractivity contribution in [1.29, 1.82) is 0 Å². The molecule has 5 heteroatoms. The lowest BCUT2D eigenvalue weighted by molar-refractivity contribution is 0.152. The SMILES string of the molecule is CN(C)CC(Cc1ccccc1)NC(=O)NC1CCCCC1CO. The highest BCUT2D eigenvalue weighted by Gasteiger charge is 2.26. The quantitative estimate of drug-likeness (QED) is 0.715. The van der Waals surface area contributed by atoms with Crippen LogP contribution >= 0.6 is 0 Å².